The lowest BCUT2D eigenvalue weighted by molar-refractivity contribution is -0.132. The van der Waals surface area contributed by atoms with Crippen molar-refractivity contribution in [2.24, 2.45) is 0 Å². The van der Waals surface area contributed by atoms with Gasteiger partial charge in [0.15, 0.2) is 0 Å². The highest BCUT2D eigenvalue weighted by molar-refractivity contribution is 5.88. The maximum atomic E-state index is 13.2. The van der Waals surface area contributed by atoms with E-state index in [0.29, 0.717) is 39.2 Å². The molecule has 1 unspecified atom stereocenters. The summed E-state index contributed by atoms with van der Waals surface area (Å²) in [6, 6.07) is 14.2. The minimum atomic E-state index is -0.971. The molecule has 1 atom stereocenters. The molecule has 7 nitrogen and oxygen atoms in total. The van der Waals surface area contributed by atoms with Crippen LogP contribution in [0.3, 0.4) is 0 Å². The number of aromatic carboxylic acids is 1. The van der Waals surface area contributed by atoms with Crippen molar-refractivity contribution in [1.82, 2.24) is 10.6 Å². The molecule has 1 amide bonds. The molecule has 1 fully saturated rings. The van der Waals surface area contributed by atoms with Crippen molar-refractivity contribution in [3.63, 3.8) is 0 Å². The number of amides is 1. The molecule has 0 radical (unpaired) electrons. The van der Waals surface area contributed by atoms with E-state index in [1.165, 1.54) is 0 Å². The third-order valence-electron chi connectivity index (χ3n) is 5.61. The van der Waals surface area contributed by atoms with E-state index in [1.807, 2.05) is 38.1 Å². The zero-order chi connectivity index (χ0) is 22.3. The first-order valence-electron chi connectivity index (χ1n) is 10.6. The minimum absolute atomic E-state index is 0.0823. The van der Waals surface area contributed by atoms with Crippen LogP contribution in [0.5, 0.6) is 5.75 Å². The molecule has 0 bridgehead atoms. The first-order chi connectivity index (χ1) is 14.9. The number of carboxylic acid groups (broad SMARTS) is 1. The molecule has 1 aliphatic heterocycles. The van der Waals surface area contributed by atoms with Gasteiger partial charge in [0, 0.05) is 19.8 Å². The molecule has 0 aliphatic carbocycles. The summed E-state index contributed by atoms with van der Waals surface area (Å²) in [4.78, 5) is 24.3. The van der Waals surface area contributed by atoms with E-state index in [-0.39, 0.29) is 17.5 Å². The van der Waals surface area contributed by atoms with Crippen molar-refractivity contribution >= 4 is 11.9 Å². The molecule has 3 rings (SSSR count). The maximum absolute atomic E-state index is 13.2. The Morgan fingerprint density at radius 1 is 1.16 bits per heavy atom. The van der Waals surface area contributed by atoms with Gasteiger partial charge in [0.05, 0.1) is 11.6 Å². The molecule has 1 saturated heterocycles. The third kappa shape index (κ3) is 6.06. The summed E-state index contributed by atoms with van der Waals surface area (Å²) in [5.41, 5.74) is 1.49. The van der Waals surface area contributed by atoms with E-state index < -0.39 is 11.5 Å². The lowest BCUT2D eigenvalue weighted by Crippen LogP contribution is -2.60. The van der Waals surface area contributed by atoms with Crippen LogP contribution >= 0.6 is 0 Å². The van der Waals surface area contributed by atoms with Crippen LogP contribution in [0.25, 0.3) is 0 Å². The van der Waals surface area contributed by atoms with Gasteiger partial charge < -0.3 is 19.9 Å². The predicted octanol–water partition coefficient (Wildman–Crippen LogP) is 3.09. The highest BCUT2D eigenvalue weighted by Gasteiger charge is 2.40. The summed E-state index contributed by atoms with van der Waals surface area (Å²) in [5, 5.41) is 15.5. The van der Waals surface area contributed by atoms with Crippen LogP contribution in [-0.2, 0) is 9.53 Å². The van der Waals surface area contributed by atoms with Crippen LogP contribution in [0.15, 0.2) is 48.5 Å². The van der Waals surface area contributed by atoms with Gasteiger partial charge in [-0.3, -0.25) is 10.1 Å². The van der Waals surface area contributed by atoms with Crippen molar-refractivity contribution in [1.29, 1.82) is 0 Å². The average molecular weight is 427 g/mol. The summed E-state index contributed by atoms with van der Waals surface area (Å²) < 4.78 is 11.3. The Morgan fingerprint density at radius 3 is 2.52 bits per heavy atom. The van der Waals surface area contributed by atoms with Gasteiger partial charge in [-0.2, -0.15) is 0 Å². The van der Waals surface area contributed by atoms with Crippen LogP contribution in [-0.4, -0.2) is 48.9 Å². The lowest BCUT2D eigenvalue weighted by Gasteiger charge is -2.37. The summed E-state index contributed by atoms with van der Waals surface area (Å²) in [6.07, 6.45) is 1.15. The lowest BCUT2D eigenvalue weighted by atomic mass is 9.88. The SMILES string of the molecule is Cc1cccc(OCCNC2(C(=O)NC(C)c3ccc(C(=O)O)cc3)CCOCC2)c1. The van der Waals surface area contributed by atoms with Crippen molar-refractivity contribution < 1.29 is 24.2 Å². The fourth-order valence-corrected chi connectivity index (χ4v) is 3.70. The van der Waals surface area contributed by atoms with Crippen LogP contribution in [0.1, 0.15) is 47.3 Å². The van der Waals surface area contributed by atoms with Crippen molar-refractivity contribution in [2.75, 3.05) is 26.4 Å². The second kappa shape index (κ2) is 10.4. The highest BCUT2D eigenvalue weighted by atomic mass is 16.5. The number of aryl methyl sites for hydroxylation is 1. The zero-order valence-corrected chi connectivity index (χ0v) is 18.0. The summed E-state index contributed by atoms with van der Waals surface area (Å²) in [6.45, 7) is 5.92. The molecular formula is C24H30N2O5. The van der Waals surface area contributed by atoms with E-state index in [4.69, 9.17) is 14.6 Å². The topological polar surface area (TPSA) is 96.9 Å². The normalized spacial score (nSPS) is 16.3. The first kappa shape index (κ1) is 22.8. The quantitative estimate of drug-likeness (QED) is 0.533. The van der Waals surface area contributed by atoms with Gasteiger partial charge >= 0.3 is 5.97 Å². The fraction of sp³-hybridized carbons (Fsp3) is 0.417. The van der Waals surface area contributed by atoms with Gasteiger partial charge in [0.2, 0.25) is 5.91 Å². The first-order valence-corrected chi connectivity index (χ1v) is 10.6. The van der Waals surface area contributed by atoms with Gasteiger partial charge in [-0.1, -0.05) is 24.3 Å². The molecule has 1 heterocycles. The summed E-state index contributed by atoms with van der Waals surface area (Å²) >= 11 is 0. The predicted molar refractivity (Wildman–Crippen MR) is 117 cm³/mol. The molecule has 2 aromatic carbocycles. The van der Waals surface area contributed by atoms with Gasteiger partial charge in [-0.25, -0.2) is 4.79 Å². The number of carbonyl (C=O) groups is 2. The number of benzene rings is 2. The van der Waals surface area contributed by atoms with Crippen LogP contribution in [0.2, 0.25) is 0 Å². The minimum Gasteiger partial charge on any atom is -0.492 e. The van der Waals surface area contributed by atoms with E-state index in [0.717, 1.165) is 16.9 Å². The number of nitrogens with one attached hydrogen (secondary N) is 2. The molecule has 2 aromatic rings. The largest absolute Gasteiger partial charge is 0.492 e. The van der Waals surface area contributed by atoms with Crippen LogP contribution in [0, 0.1) is 6.92 Å². The Bertz CT molecular complexity index is 891. The number of ether oxygens (including phenoxy) is 2. The Kier molecular flexibility index (Phi) is 7.65. The molecule has 0 saturated carbocycles. The second-order valence-electron chi connectivity index (χ2n) is 7.91. The van der Waals surface area contributed by atoms with E-state index in [1.54, 1.807) is 24.3 Å². The molecular weight excluding hydrogens is 396 g/mol. The van der Waals surface area contributed by atoms with E-state index in [2.05, 4.69) is 10.6 Å². The van der Waals surface area contributed by atoms with Gasteiger partial charge in [0.25, 0.3) is 0 Å². The Balaban J connectivity index is 1.59. The average Bonchev–Trinajstić information content (AvgIpc) is 2.77. The Labute approximate surface area is 182 Å². The fourth-order valence-electron chi connectivity index (χ4n) is 3.70. The Morgan fingerprint density at radius 2 is 1.87 bits per heavy atom. The monoisotopic (exact) mass is 426 g/mol. The summed E-state index contributed by atoms with van der Waals surface area (Å²) in [7, 11) is 0. The molecule has 1 aliphatic rings. The van der Waals surface area contributed by atoms with Crippen molar-refractivity contribution in [2.45, 2.75) is 38.3 Å². The second-order valence-corrected chi connectivity index (χ2v) is 7.91. The maximum Gasteiger partial charge on any atom is 0.335 e. The van der Waals surface area contributed by atoms with Gasteiger partial charge in [-0.05, 0) is 62.1 Å². The molecule has 3 N–H and O–H groups in total. The van der Waals surface area contributed by atoms with Crippen LogP contribution in [0.4, 0.5) is 0 Å². The Hall–Kier alpha value is -2.90. The molecule has 7 heteroatoms. The highest BCUT2D eigenvalue weighted by Crippen LogP contribution is 2.23. The van der Waals surface area contributed by atoms with E-state index in [9.17, 15) is 9.59 Å². The smallest absolute Gasteiger partial charge is 0.335 e. The zero-order valence-electron chi connectivity index (χ0n) is 18.0. The number of rotatable bonds is 9. The standard InChI is InChI=1S/C24H30N2O5/c1-17-4-3-5-21(16-17)31-15-12-25-24(10-13-30-14-11-24)23(29)26-18(2)19-6-8-20(9-7-19)22(27)28/h3-9,16,18,25H,10-15H2,1-2H3,(H,26,29)(H,27,28). The van der Waals surface area contributed by atoms with Crippen molar-refractivity contribution in [3.05, 3.63) is 65.2 Å². The number of hydrogen-bond acceptors (Lipinski definition) is 5. The molecule has 0 spiro atoms. The number of carboxylic acids is 1. The number of hydrogen-bond donors (Lipinski definition) is 3. The molecule has 31 heavy (non-hydrogen) atoms. The summed E-state index contributed by atoms with van der Waals surface area (Å²) in [5.74, 6) is -0.242. The third-order valence-corrected chi connectivity index (χ3v) is 5.61. The van der Waals surface area contributed by atoms with Crippen molar-refractivity contribution in [3.8, 4) is 5.75 Å². The molecule has 166 valence electrons. The van der Waals surface area contributed by atoms with Gasteiger partial charge in [-0.15, -0.1) is 0 Å². The van der Waals surface area contributed by atoms with Gasteiger partial charge in [0.1, 0.15) is 17.9 Å². The number of carbonyl (C=O) groups excluding carboxylic acids is 1. The molecule has 0 aromatic heterocycles. The van der Waals surface area contributed by atoms with Crippen LogP contribution < -0.4 is 15.4 Å². The van der Waals surface area contributed by atoms with E-state index >= 15 is 0 Å².